The van der Waals surface area contributed by atoms with Crippen LogP contribution in [0.25, 0.3) is 0 Å². The van der Waals surface area contributed by atoms with Gasteiger partial charge < -0.3 is 0 Å². The molecule has 1 heteroatoms. The molecule has 0 bridgehead atoms. The van der Waals surface area contributed by atoms with Gasteiger partial charge in [0.2, 0.25) is 0 Å². The summed E-state index contributed by atoms with van der Waals surface area (Å²) in [7, 11) is 0. The van der Waals surface area contributed by atoms with Gasteiger partial charge in [0.05, 0.1) is 5.54 Å². The van der Waals surface area contributed by atoms with E-state index in [2.05, 4.69) is 53.5 Å². The summed E-state index contributed by atoms with van der Waals surface area (Å²) in [6.45, 7) is 15.0. The molecule has 0 saturated heterocycles. The molecule has 0 saturated carbocycles. The minimum absolute atomic E-state index is 0. The van der Waals surface area contributed by atoms with Gasteiger partial charge in [-0.05, 0) is 53.5 Å². The van der Waals surface area contributed by atoms with Gasteiger partial charge >= 0.3 is 1.43 Å². The molecule has 13 heavy (non-hydrogen) atoms. The predicted molar refractivity (Wildman–Crippen MR) is 62.6 cm³/mol. The molecule has 0 heterocycles. The fourth-order valence-electron chi connectivity index (χ4n) is 1.16. The van der Waals surface area contributed by atoms with Crippen molar-refractivity contribution >= 4 is 5.71 Å². The number of rotatable bonds is 2. The van der Waals surface area contributed by atoms with Gasteiger partial charge in [-0.3, -0.25) is 4.99 Å². The molecule has 76 valence electrons. The third kappa shape index (κ3) is 4.87. The maximum Gasteiger partial charge on any atom is 1.00 e. The second-order valence-electron chi connectivity index (χ2n) is 4.63. The fourth-order valence-corrected chi connectivity index (χ4v) is 1.16. The highest BCUT2D eigenvalue weighted by Crippen LogP contribution is 2.13. The summed E-state index contributed by atoms with van der Waals surface area (Å²) >= 11 is 0. The van der Waals surface area contributed by atoms with Gasteiger partial charge in [0, 0.05) is 5.71 Å². The Bertz CT molecular complexity index is 231. The van der Waals surface area contributed by atoms with E-state index in [9.17, 15) is 0 Å². The second-order valence-corrected chi connectivity index (χ2v) is 4.63. The van der Waals surface area contributed by atoms with Crippen molar-refractivity contribution in [2.45, 2.75) is 60.4 Å². The lowest BCUT2D eigenvalue weighted by Gasteiger charge is -2.15. The van der Waals surface area contributed by atoms with Gasteiger partial charge in [-0.25, -0.2) is 0 Å². The molecule has 0 spiro atoms. The van der Waals surface area contributed by atoms with Crippen LogP contribution < -0.4 is 0 Å². The number of nitrogens with zero attached hydrogens (tertiary/aromatic N) is 1. The Morgan fingerprint density at radius 3 is 1.92 bits per heavy atom. The van der Waals surface area contributed by atoms with Crippen LogP contribution in [0.2, 0.25) is 0 Å². The summed E-state index contributed by atoms with van der Waals surface area (Å²) in [6, 6.07) is 0. The highest BCUT2D eigenvalue weighted by atomic mass is 14.8. The lowest BCUT2D eigenvalue weighted by molar-refractivity contribution is 0.583. The van der Waals surface area contributed by atoms with E-state index in [-0.39, 0.29) is 6.97 Å². The maximum atomic E-state index is 4.64. The summed E-state index contributed by atoms with van der Waals surface area (Å²) < 4.78 is 0. The first-order valence-electron chi connectivity index (χ1n) is 5.01. The number of aliphatic imine (C=N–C) groups is 1. The average molecular weight is 182 g/mol. The van der Waals surface area contributed by atoms with Crippen LogP contribution in [0.15, 0.2) is 16.1 Å². The normalized spacial score (nSPS) is 15.8. The monoisotopic (exact) mass is 182 g/mol. The first-order valence-corrected chi connectivity index (χ1v) is 5.01. The number of allylic oxidation sites excluding steroid dienone is 2. The summed E-state index contributed by atoms with van der Waals surface area (Å²) in [5, 5.41) is 0. The van der Waals surface area contributed by atoms with E-state index >= 15 is 0 Å². The highest BCUT2D eigenvalue weighted by Gasteiger charge is 2.08. The van der Waals surface area contributed by atoms with Crippen molar-refractivity contribution in [2.24, 2.45) is 4.99 Å². The van der Waals surface area contributed by atoms with Crippen molar-refractivity contribution in [3.05, 3.63) is 11.1 Å². The van der Waals surface area contributed by atoms with E-state index in [1.54, 1.807) is 0 Å². The van der Waals surface area contributed by atoms with E-state index in [0.717, 1.165) is 6.42 Å². The molecule has 0 rings (SSSR count). The van der Waals surface area contributed by atoms with Gasteiger partial charge in [-0.2, -0.15) is 0 Å². The molecule has 0 N–H and O–H groups in total. The summed E-state index contributed by atoms with van der Waals surface area (Å²) in [6.07, 6.45) is 1.11. The molecular formula is C12H24N+. The topological polar surface area (TPSA) is 12.4 Å². The molecule has 0 aliphatic rings. The van der Waals surface area contributed by atoms with E-state index < -0.39 is 0 Å². The Hall–Kier alpha value is -0.590. The van der Waals surface area contributed by atoms with Crippen LogP contribution in [-0.2, 0) is 0 Å². The Balaban J connectivity index is 0. The van der Waals surface area contributed by atoms with Crippen molar-refractivity contribution in [3.8, 4) is 0 Å². The van der Waals surface area contributed by atoms with Crippen molar-refractivity contribution in [1.82, 2.24) is 0 Å². The quantitative estimate of drug-likeness (QED) is 0.570. The van der Waals surface area contributed by atoms with Gasteiger partial charge in [-0.1, -0.05) is 12.5 Å². The highest BCUT2D eigenvalue weighted by molar-refractivity contribution is 5.98. The SMILES string of the molecule is CC/C(C)=C(\C)C(C)=NC(C)(C)C.[H+]. The minimum Gasteiger partial charge on any atom is -0.284 e. The standard InChI is InChI=1S/C12H23N/c1-8-9(2)10(3)11(4)13-12(5,6)7/h8H2,1-7H3/p+1/b10-9+,13-11?. The second kappa shape index (κ2) is 4.59. The van der Waals surface area contributed by atoms with Crippen LogP contribution in [0, 0.1) is 0 Å². The molecule has 0 unspecified atom stereocenters. The number of hydrogen-bond acceptors (Lipinski definition) is 1. The minimum atomic E-state index is 0. The summed E-state index contributed by atoms with van der Waals surface area (Å²) in [5.74, 6) is 0. The average Bonchev–Trinajstić information content (AvgIpc) is 1.98. The number of hydrogen-bond donors (Lipinski definition) is 0. The largest absolute Gasteiger partial charge is 1.00 e. The Kier molecular flexibility index (Phi) is 4.38. The van der Waals surface area contributed by atoms with Crippen molar-refractivity contribution in [1.29, 1.82) is 0 Å². The molecule has 0 aromatic carbocycles. The molecule has 0 radical (unpaired) electrons. The maximum absolute atomic E-state index is 4.64. The molecule has 0 atom stereocenters. The Morgan fingerprint density at radius 1 is 1.15 bits per heavy atom. The van der Waals surface area contributed by atoms with E-state index in [0.29, 0.717) is 0 Å². The lowest BCUT2D eigenvalue weighted by atomic mass is 10.0. The molecular weight excluding hydrogens is 158 g/mol. The molecule has 0 aromatic rings. The molecule has 0 fully saturated rings. The smallest absolute Gasteiger partial charge is 0.284 e. The van der Waals surface area contributed by atoms with E-state index in [1.165, 1.54) is 16.9 Å². The van der Waals surface area contributed by atoms with Gasteiger partial charge in [-0.15, -0.1) is 0 Å². The fraction of sp³-hybridized carbons (Fsp3) is 0.750. The molecule has 0 aromatic heterocycles. The van der Waals surface area contributed by atoms with E-state index in [1.807, 2.05) is 0 Å². The lowest BCUT2D eigenvalue weighted by Crippen LogP contribution is -2.13. The van der Waals surface area contributed by atoms with Crippen LogP contribution >= 0.6 is 0 Å². The van der Waals surface area contributed by atoms with E-state index in [4.69, 9.17) is 0 Å². The molecule has 0 aliphatic carbocycles. The molecule has 0 amide bonds. The summed E-state index contributed by atoms with van der Waals surface area (Å²) in [5.41, 5.74) is 3.99. The first kappa shape index (κ1) is 12.4. The Morgan fingerprint density at radius 2 is 1.62 bits per heavy atom. The zero-order chi connectivity index (χ0) is 10.6. The van der Waals surface area contributed by atoms with Gasteiger partial charge in [0.1, 0.15) is 0 Å². The van der Waals surface area contributed by atoms with Crippen molar-refractivity contribution in [2.75, 3.05) is 0 Å². The van der Waals surface area contributed by atoms with Crippen LogP contribution in [0.5, 0.6) is 0 Å². The first-order chi connectivity index (χ1) is 5.78. The molecule has 0 aliphatic heterocycles. The molecule has 1 nitrogen and oxygen atoms in total. The zero-order valence-electron chi connectivity index (χ0n) is 11.2. The van der Waals surface area contributed by atoms with Crippen LogP contribution in [-0.4, -0.2) is 11.3 Å². The van der Waals surface area contributed by atoms with Crippen LogP contribution in [0.1, 0.15) is 56.3 Å². The predicted octanol–water partition coefficient (Wildman–Crippen LogP) is 4.10. The van der Waals surface area contributed by atoms with Gasteiger partial charge in [0.25, 0.3) is 0 Å². The third-order valence-corrected chi connectivity index (χ3v) is 2.22. The third-order valence-electron chi connectivity index (χ3n) is 2.22. The Labute approximate surface area is 84.4 Å². The van der Waals surface area contributed by atoms with Gasteiger partial charge in [0.15, 0.2) is 0 Å². The zero-order valence-corrected chi connectivity index (χ0v) is 10.2. The van der Waals surface area contributed by atoms with Crippen molar-refractivity contribution < 1.29 is 1.43 Å². The van der Waals surface area contributed by atoms with Crippen LogP contribution in [0.3, 0.4) is 0 Å². The summed E-state index contributed by atoms with van der Waals surface area (Å²) in [4.78, 5) is 4.64. The van der Waals surface area contributed by atoms with Crippen molar-refractivity contribution in [3.63, 3.8) is 0 Å². The van der Waals surface area contributed by atoms with Crippen LogP contribution in [0.4, 0.5) is 0 Å².